The molecule has 0 radical (unpaired) electrons. The summed E-state index contributed by atoms with van der Waals surface area (Å²) in [5.41, 5.74) is 1.37. The van der Waals surface area contributed by atoms with Crippen molar-refractivity contribution in [2.75, 3.05) is 14.2 Å². The molecule has 0 spiro atoms. The number of methoxy groups -OCH3 is 2. The van der Waals surface area contributed by atoms with E-state index in [1.165, 1.54) is 13.2 Å². The molecule has 0 unspecified atom stereocenters. The molecule has 2 aromatic carbocycles. The van der Waals surface area contributed by atoms with Crippen LogP contribution in [0.25, 0.3) is 11.1 Å². The Hall–Kier alpha value is -2.44. The summed E-state index contributed by atoms with van der Waals surface area (Å²) in [7, 11) is 2.96. The van der Waals surface area contributed by atoms with Gasteiger partial charge in [-0.25, -0.2) is 9.18 Å². The molecule has 1 amide bonds. The first-order valence-electron chi connectivity index (χ1n) is 10.2. The lowest BCUT2D eigenvalue weighted by molar-refractivity contribution is -0.153. The summed E-state index contributed by atoms with van der Waals surface area (Å²) >= 11 is 5.93. The van der Waals surface area contributed by atoms with Gasteiger partial charge in [0.1, 0.15) is 11.4 Å². The molecule has 1 N–H and O–H groups in total. The second-order valence-electron chi connectivity index (χ2n) is 8.00. The Labute approximate surface area is 186 Å². The number of benzene rings is 2. The van der Waals surface area contributed by atoms with Crippen LogP contribution in [0, 0.1) is 12.7 Å². The Morgan fingerprint density at radius 2 is 1.81 bits per heavy atom. The van der Waals surface area contributed by atoms with E-state index in [2.05, 4.69) is 5.32 Å². The van der Waals surface area contributed by atoms with Crippen molar-refractivity contribution in [1.29, 1.82) is 0 Å². The standard InChI is InChI=1S/C24H27ClFNO4/c1-15-12-21(26)20(16-4-6-18(25)7-5-16)13-17(15)14-22(28)27-24(23(29)31-3)10-8-19(30-2)9-11-24/h4-7,12-13,19H,8-11,14H2,1-3H3,(H,27,28)/t19-,24-. The summed E-state index contributed by atoms with van der Waals surface area (Å²) in [6, 6.07) is 9.96. The highest BCUT2D eigenvalue weighted by molar-refractivity contribution is 6.30. The minimum Gasteiger partial charge on any atom is -0.467 e. The van der Waals surface area contributed by atoms with Crippen molar-refractivity contribution in [3.05, 3.63) is 58.4 Å². The van der Waals surface area contributed by atoms with Crippen LogP contribution in [-0.2, 0) is 25.5 Å². The Balaban J connectivity index is 1.81. The van der Waals surface area contributed by atoms with Crippen LogP contribution in [0.5, 0.6) is 0 Å². The van der Waals surface area contributed by atoms with Gasteiger partial charge in [0.2, 0.25) is 5.91 Å². The monoisotopic (exact) mass is 447 g/mol. The first-order chi connectivity index (χ1) is 14.8. The number of carbonyl (C=O) groups excluding carboxylic acids is 2. The van der Waals surface area contributed by atoms with E-state index in [0.717, 1.165) is 0 Å². The van der Waals surface area contributed by atoms with Crippen LogP contribution in [0.1, 0.15) is 36.8 Å². The Morgan fingerprint density at radius 3 is 2.39 bits per heavy atom. The fourth-order valence-corrected chi connectivity index (χ4v) is 4.26. The van der Waals surface area contributed by atoms with Crippen molar-refractivity contribution in [3.8, 4) is 11.1 Å². The lowest BCUT2D eigenvalue weighted by Crippen LogP contribution is -2.57. The summed E-state index contributed by atoms with van der Waals surface area (Å²) in [5.74, 6) is -1.13. The summed E-state index contributed by atoms with van der Waals surface area (Å²) in [5, 5.41) is 3.47. The Bertz CT molecular complexity index is 953. The topological polar surface area (TPSA) is 64.6 Å². The minimum absolute atomic E-state index is 0.0269. The van der Waals surface area contributed by atoms with Crippen LogP contribution < -0.4 is 5.32 Å². The van der Waals surface area contributed by atoms with Gasteiger partial charge in [-0.15, -0.1) is 0 Å². The first kappa shape index (κ1) is 23.2. The highest BCUT2D eigenvalue weighted by Crippen LogP contribution is 2.32. The SMILES string of the molecule is COC(=O)[C@]1(NC(=O)Cc2cc(-c3ccc(Cl)cc3)c(F)cc2C)CC[C@H](OC)CC1. The number of carbonyl (C=O) groups is 2. The number of nitrogens with one attached hydrogen (secondary N) is 1. The van der Waals surface area contributed by atoms with Crippen LogP contribution in [0.3, 0.4) is 0 Å². The zero-order chi connectivity index (χ0) is 22.6. The maximum atomic E-state index is 14.6. The van der Waals surface area contributed by atoms with E-state index in [4.69, 9.17) is 21.1 Å². The van der Waals surface area contributed by atoms with Crippen LogP contribution in [0.15, 0.2) is 36.4 Å². The summed E-state index contributed by atoms with van der Waals surface area (Å²) in [4.78, 5) is 25.4. The third-order valence-electron chi connectivity index (χ3n) is 6.01. The van der Waals surface area contributed by atoms with Crippen molar-refractivity contribution >= 4 is 23.5 Å². The molecule has 0 atom stereocenters. The maximum Gasteiger partial charge on any atom is 0.331 e. The molecule has 1 saturated carbocycles. The molecule has 31 heavy (non-hydrogen) atoms. The smallest absolute Gasteiger partial charge is 0.331 e. The predicted molar refractivity (Wildman–Crippen MR) is 117 cm³/mol. The molecule has 1 aliphatic carbocycles. The average Bonchev–Trinajstić information content (AvgIpc) is 2.76. The van der Waals surface area contributed by atoms with Gasteiger partial charge in [-0.05, 0) is 73.6 Å². The number of hydrogen-bond donors (Lipinski definition) is 1. The summed E-state index contributed by atoms with van der Waals surface area (Å²) in [6.45, 7) is 1.76. The number of halogens is 2. The highest BCUT2D eigenvalue weighted by atomic mass is 35.5. The van der Waals surface area contributed by atoms with Crippen LogP contribution in [0.4, 0.5) is 4.39 Å². The third kappa shape index (κ3) is 5.25. The van der Waals surface area contributed by atoms with Gasteiger partial charge >= 0.3 is 5.97 Å². The Morgan fingerprint density at radius 1 is 1.16 bits per heavy atom. The zero-order valence-electron chi connectivity index (χ0n) is 18.0. The normalized spacial score (nSPS) is 20.9. The van der Waals surface area contributed by atoms with E-state index in [9.17, 15) is 14.0 Å². The van der Waals surface area contributed by atoms with Crippen LogP contribution >= 0.6 is 11.6 Å². The van der Waals surface area contributed by atoms with E-state index in [1.807, 2.05) is 0 Å². The van der Waals surface area contributed by atoms with Gasteiger partial charge in [-0.1, -0.05) is 23.7 Å². The molecule has 166 valence electrons. The molecule has 3 rings (SSSR count). The van der Waals surface area contributed by atoms with Crippen LogP contribution in [-0.4, -0.2) is 37.7 Å². The molecule has 0 bridgehead atoms. The second-order valence-corrected chi connectivity index (χ2v) is 8.44. The predicted octanol–water partition coefficient (Wildman–Crippen LogP) is 4.61. The van der Waals surface area contributed by atoms with Gasteiger partial charge in [-0.3, -0.25) is 4.79 Å². The largest absolute Gasteiger partial charge is 0.467 e. The van der Waals surface area contributed by atoms with E-state index in [0.29, 0.717) is 53.0 Å². The zero-order valence-corrected chi connectivity index (χ0v) is 18.7. The van der Waals surface area contributed by atoms with Crippen molar-refractivity contribution in [2.24, 2.45) is 0 Å². The average molecular weight is 448 g/mol. The molecule has 1 fully saturated rings. The molecule has 0 aliphatic heterocycles. The van der Waals surface area contributed by atoms with Crippen LogP contribution in [0.2, 0.25) is 5.02 Å². The van der Waals surface area contributed by atoms with Crippen molar-refractivity contribution in [3.63, 3.8) is 0 Å². The second kappa shape index (κ2) is 9.79. The Kier molecular flexibility index (Phi) is 7.34. The van der Waals surface area contributed by atoms with Gasteiger partial charge in [0.15, 0.2) is 0 Å². The maximum absolute atomic E-state index is 14.6. The number of ether oxygens (including phenoxy) is 2. The van der Waals surface area contributed by atoms with Gasteiger partial charge < -0.3 is 14.8 Å². The minimum atomic E-state index is -1.06. The van der Waals surface area contributed by atoms with Crippen molar-refractivity contribution in [1.82, 2.24) is 5.32 Å². The number of hydrogen-bond acceptors (Lipinski definition) is 4. The summed E-state index contributed by atoms with van der Waals surface area (Å²) in [6.07, 6.45) is 2.30. The molecule has 7 heteroatoms. The van der Waals surface area contributed by atoms with Gasteiger partial charge in [0, 0.05) is 17.7 Å². The van der Waals surface area contributed by atoms with Crippen molar-refractivity contribution in [2.45, 2.75) is 50.7 Å². The molecular weight excluding hydrogens is 421 g/mol. The van der Waals surface area contributed by atoms with E-state index >= 15 is 0 Å². The van der Waals surface area contributed by atoms with E-state index in [1.54, 1.807) is 44.4 Å². The van der Waals surface area contributed by atoms with Crippen molar-refractivity contribution < 1.29 is 23.5 Å². The molecule has 0 aromatic heterocycles. The molecule has 1 aliphatic rings. The number of amides is 1. The quantitative estimate of drug-likeness (QED) is 0.656. The fraction of sp³-hybridized carbons (Fsp3) is 0.417. The van der Waals surface area contributed by atoms with Gasteiger partial charge in [0.25, 0.3) is 0 Å². The molecule has 0 saturated heterocycles. The molecule has 5 nitrogen and oxygen atoms in total. The summed E-state index contributed by atoms with van der Waals surface area (Å²) < 4.78 is 25.0. The fourth-order valence-electron chi connectivity index (χ4n) is 4.14. The van der Waals surface area contributed by atoms with Gasteiger partial charge in [-0.2, -0.15) is 0 Å². The lowest BCUT2D eigenvalue weighted by atomic mass is 9.80. The lowest BCUT2D eigenvalue weighted by Gasteiger charge is -2.38. The number of esters is 1. The number of rotatable bonds is 6. The molecule has 2 aromatic rings. The number of aryl methyl sites for hydroxylation is 1. The van der Waals surface area contributed by atoms with E-state index < -0.39 is 11.5 Å². The van der Waals surface area contributed by atoms with E-state index in [-0.39, 0.29) is 24.2 Å². The molecule has 0 heterocycles. The first-order valence-corrected chi connectivity index (χ1v) is 10.6. The molecular formula is C24H27ClFNO4. The highest BCUT2D eigenvalue weighted by Gasteiger charge is 2.44. The van der Waals surface area contributed by atoms with Gasteiger partial charge in [0.05, 0.1) is 19.6 Å². The third-order valence-corrected chi connectivity index (χ3v) is 6.26.